The van der Waals surface area contributed by atoms with Crippen LogP contribution in [-0.4, -0.2) is 9.38 Å². The minimum atomic E-state index is -0.128. The summed E-state index contributed by atoms with van der Waals surface area (Å²) in [7, 11) is 0. The fraction of sp³-hybridized carbons (Fsp3) is 0.250. The number of nitrogens with zero attached hydrogens (tertiary/aromatic N) is 2. The summed E-state index contributed by atoms with van der Waals surface area (Å²) in [6.07, 6.45) is 3.54. The Morgan fingerprint density at radius 2 is 2.25 bits per heavy atom. The molecule has 0 aliphatic heterocycles. The van der Waals surface area contributed by atoms with Crippen LogP contribution >= 0.6 is 11.3 Å². The van der Waals surface area contributed by atoms with Crippen molar-refractivity contribution in [3.8, 4) is 0 Å². The first-order valence-electron chi connectivity index (χ1n) is 3.62. The minimum Gasteiger partial charge on any atom is -0.297 e. The quantitative estimate of drug-likeness (QED) is 0.613. The van der Waals surface area contributed by atoms with Gasteiger partial charge in [0.1, 0.15) is 11.2 Å². The fourth-order valence-electron chi connectivity index (χ4n) is 1.14. The number of fused-ring (bicyclic) bond motifs is 1. The number of hydrogen-bond donors (Lipinski definition) is 0. The zero-order valence-corrected chi connectivity index (χ0v) is 7.68. The second-order valence-corrected chi connectivity index (χ2v) is 3.96. The molecule has 0 amide bonds. The van der Waals surface area contributed by atoms with Gasteiger partial charge in [0.2, 0.25) is 0 Å². The molecule has 0 atom stereocenters. The van der Waals surface area contributed by atoms with Gasteiger partial charge >= 0.3 is 0 Å². The summed E-state index contributed by atoms with van der Waals surface area (Å²) in [6, 6.07) is 0. The van der Waals surface area contributed by atoms with Crippen molar-refractivity contribution in [3.63, 3.8) is 0 Å². The van der Waals surface area contributed by atoms with E-state index in [1.165, 1.54) is 4.88 Å². The number of hydrogen-bond acceptors (Lipinski definition) is 3. The lowest BCUT2D eigenvalue weighted by Crippen LogP contribution is -2.10. The monoisotopic (exact) mass is 180 g/mol. The van der Waals surface area contributed by atoms with Crippen LogP contribution in [0.3, 0.4) is 0 Å². The smallest absolute Gasteiger partial charge is 0.277 e. The molecular weight excluding hydrogens is 172 g/mol. The summed E-state index contributed by atoms with van der Waals surface area (Å²) in [6.45, 7) is 3.82. The van der Waals surface area contributed by atoms with E-state index in [0.29, 0.717) is 0 Å². The lowest BCUT2D eigenvalue weighted by Gasteiger charge is -1.92. The van der Waals surface area contributed by atoms with Gasteiger partial charge in [-0.15, -0.1) is 11.3 Å². The number of thiazole rings is 1. The Kier molecular flexibility index (Phi) is 1.51. The van der Waals surface area contributed by atoms with E-state index >= 15 is 0 Å². The minimum absolute atomic E-state index is 0.128. The van der Waals surface area contributed by atoms with Gasteiger partial charge in [0.05, 0.1) is 5.56 Å². The molecule has 2 aromatic heterocycles. The SMILES string of the molecule is Cc1cn2cnc(=O)c(C)c2s1. The van der Waals surface area contributed by atoms with E-state index in [9.17, 15) is 4.79 Å². The van der Waals surface area contributed by atoms with Crippen molar-refractivity contribution in [3.05, 3.63) is 33.3 Å². The van der Waals surface area contributed by atoms with Gasteiger partial charge in [-0.2, -0.15) is 4.98 Å². The van der Waals surface area contributed by atoms with E-state index in [1.807, 2.05) is 17.5 Å². The predicted octanol–water partition coefficient (Wildman–Crippen LogP) is 1.37. The third-order valence-electron chi connectivity index (χ3n) is 1.75. The maximum atomic E-state index is 11.1. The number of aryl methyl sites for hydroxylation is 2. The van der Waals surface area contributed by atoms with Crippen LogP contribution in [-0.2, 0) is 0 Å². The van der Waals surface area contributed by atoms with Gasteiger partial charge in [-0.3, -0.25) is 9.20 Å². The molecular formula is C8H8N2OS. The molecule has 2 heterocycles. The highest BCUT2D eigenvalue weighted by atomic mass is 32.1. The summed E-state index contributed by atoms with van der Waals surface area (Å²) >= 11 is 1.62. The summed E-state index contributed by atoms with van der Waals surface area (Å²) in [5.41, 5.74) is 0.604. The van der Waals surface area contributed by atoms with Crippen LogP contribution in [0.25, 0.3) is 4.83 Å². The maximum Gasteiger partial charge on any atom is 0.277 e. The van der Waals surface area contributed by atoms with E-state index in [1.54, 1.807) is 24.6 Å². The molecule has 0 aliphatic rings. The molecule has 2 aromatic rings. The normalized spacial score (nSPS) is 10.8. The van der Waals surface area contributed by atoms with Crippen LogP contribution in [0.5, 0.6) is 0 Å². The zero-order valence-electron chi connectivity index (χ0n) is 6.87. The molecule has 2 rings (SSSR count). The summed E-state index contributed by atoms with van der Waals surface area (Å²) < 4.78 is 1.89. The lowest BCUT2D eigenvalue weighted by atomic mass is 10.4. The van der Waals surface area contributed by atoms with Gasteiger partial charge in [-0.05, 0) is 13.8 Å². The molecule has 0 aromatic carbocycles. The van der Waals surface area contributed by atoms with E-state index in [-0.39, 0.29) is 5.56 Å². The molecule has 0 unspecified atom stereocenters. The van der Waals surface area contributed by atoms with Gasteiger partial charge in [0, 0.05) is 11.1 Å². The fourth-order valence-corrected chi connectivity index (χ4v) is 2.06. The molecule has 3 nitrogen and oxygen atoms in total. The second kappa shape index (κ2) is 2.42. The van der Waals surface area contributed by atoms with Crippen LogP contribution in [0.4, 0.5) is 0 Å². The summed E-state index contributed by atoms with van der Waals surface area (Å²) in [4.78, 5) is 17.0. The average Bonchev–Trinajstić information content (AvgIpc) is 2.39. The molecule has 0 fully saturated rings. The molecule has 62 valence electrons. The van der Waals surface area contributed by atoms with E-state index < -0.39 is 0 Å². The average molecular weight is 180 g/mol. The van der Waals surface area contributed by atoms with Gasteiger partial charge < -0.3 is 0 Å². The highest BCUT2D eigenvalue weighted by molar-refractivity contribution is 7.17. The molecule has 0 spiro atoms. The molecule has 0 saturated heterocycles. The van der Waals surface area contributed by atoms with Crippen LogP contribution in [0.15, 0.2) is 17.3 Å². The van der Waals surface area contributed by atoms with Crippen LogP contribution < -0.4 is 5.56 Å². The Morgan fingerprint density at radius 1 is 1.50 bits per heavy atom. The van der Waals surface area contributed by atoms with Gasteiger partial charge in [0.25, 0.3) is 5.56 Å². The van der Waals surface area contributed by atoms with Gasteiger partial charge in [-0.25, -0.2) is 0 Å². The third kappa shape index (κ3) is 0.956. The van der Waals surface area contributed by atoms with Crippen LogP contribution in [0, 0.1) is 13.8 Å². The molecule has 0 bridgehead atoms. The second-order valence-electron chi connectivity index (χ2n) is 2.73. The molecule has 0 saturated carbocycles. The van der Waals surface area contributed by atoms with E-state index in [0.717, 1.165) is 10.4 Å². The maximum absolute atomic E-state index is 11.1. The standard InChI is InChI=1S/C8H8N2OS/c1-5-3-10-4-9-7(11)6(2)8(10)12-5/h3-4H,1-2H3. The lowest BCUT2D eigenvalue weighted by molar-refractivity contribution is 1.04. The Hall–Kier alpha value is -1.16. The summed E-state index contributed by atoms with van der Waals surface area (Å²) in [5, 5.41) is 0. The van der Waals surface area contributed by atoms with Crippen molar-refractivity contribution in [1.29, 1.82) is 0 Å². The number of rotatable bonds is 0. The van der Waals surface area contributed by atoms with Crippen molar-refractivity contribution < 1.29 is 0 Å². The summed E-state index contributed by atoms with van der Waals surface area (Å²) in [5.74, 6) is 0. The largest absolute Gasteiger partial charge is 0.297 e. The van der Waals surface area contributed by atoms with Crippen molar-refractivity contribution in [1.82, 2.24) is 9.38 Å². The van der Waals surface area contributed by atoms with Crippen molar-refractivity contribution in [2.75, 3.05) is 0 Å². The molecule has 0 N–H and O–H groups in total. The zero-order chi connectivity index (χ0) is 8.72. The highest BCUT2D eigenvalue weighted by Crippen LogP contribution is 2.17. The van der Waals surface area contributed by atoms with Crippen LogP contribution in [0.2, 0.25) is 0 Å². The van der Waals surface area contributed by atoms with E-state index in [2.05, 4.69) is 4.98 Å². The first-order valence-corrected chi connectivity index (χ1v) is 4.44. The molecule has 0 radical (unpaired) electrons. The molecule has 4 heteroatoms. The van der Waals surface area contributed by atoms with Crippen LogP contribution in [0.1, 0.15) is 10.4 Å². The topological polar surface area (TPSA) is 34.4 Å². The molecule has 0 aliphatic carbocycles. The Balaban J connectivity index is 2.99. The predicted molar refractivity (Wildman–Crippen MR) is 48.8 cm³/mol. The number of aromatic nitrogens is 2. The van der Waals surface area contributed by atoms with Crippen molar-refractivity contribution in [2.24, 2.45) is 0 Å². The Morgan fingerprint density at radius 3 is 3.00 bits per heavy atom. The third-order valence-corrected chi connectivity index (χ3v) is 2.89. The first kappa shape index (κ1) is 7.49. The van der Waals surface area contributed by atoms with Crippen molar-refractivity contribution >= 4 is 16.2 Å². The Bertz CT molecular complexity index is 483. The first-order chi connectivity index (χ1) is 5.68. The van der Waals surface area contributed by atoms with Crippen molar-refractivity contribution in [2.45, 2.75) is 13.8 Å². The Labute approximate surface area is 73.3 Å². The highest BCUT2D eigenvalue weighted by Gasteiger charge is 2.03. The molecule has 12 heavy (non-hydrogen) atoms. The van der Waals surface area contributed by atoms with Gasteiger partial charge in [-0.1, -0.05) is 0 Å². The van der Waals surface area contributed by atoms with Gasteiger partial charge in [0.15, 0.2) is 0 Å². The van der Waals surface area contributed by atoms with E-state index in [4.69, 9.17) is 0 Å².